The molecule has 0 amide bonds. The van der Waals surface area contributed by atoms with Gasteiger partial charge in [-0.15, -0.1) is 11.3 Å². The zero-order chi connectivity index (χ0) is 21.6. The minimum absolute atomic E-state index is 0.0427. The third kappa shape index (κ3) is 6.18. The maximum atomic E-state index is 12.6. The summed E-state index contributed by atoms with van der Waals surface area (Å²) in [4.78, 5) is 7.86. The van der Waals surface area contributed by atoms with Gasteiger partial charge in [-0.2, -0.15) is 13.2 Å². The number of nitrogens with one attached hydrogen (secondary N) is 2. The monoisotopic (exact) mass is 440 g/mol. The van der Waals surface area contributed by atoms with Crippen LogP contribution in [0.1, 0.15) is 40.8 Å². The summed E-state index contributed by atoms with van der Waals surface area (Å²) in [6.45, 7) is 3.98. The molecule has 1 aliphatic heterocycles. The Labute approximate surface area is 178 Å². The van der Waals surface area contributed by atoms with E-state index < -0.39 is 11.9 Å². The van der Waals surface area contributed by atoms with Gasteiger partial charge < -0.3 is 15.4 Å². The van der Waals surface area contributed by atoms with E-state index in [0.717, 1.165) is 36.2 Å². The highest BCUT2D eigenvalue weighted by Crippen LogP contribution is 2.33. The predicted molar refractivity (Wildman–Crippen MR) is 113 cm³/mol. The normalized spacial score (nSPS) is 20.2. The molecule has 1 aromatic heterocycles. The van der Waals surface area contributed by atoms with Crippen molar-refractivity contribution in [2.24, 2.45) is 10.9 Å². The largest absolute Gasteiger partial charge is 0.434 e. The van der Waals surface area contributed by atoms with E-state index in [1.54, 1.807) is 7.05 Å². The molecule has 0 saturated carbocycles. The lowest BCUT2D eigenvalue weighted by atomic mass is 9.89. The minimum atomic E-state index is -4.39. The van der Waals surface area contributed by atoms with Gasteiger partial charge in [0.25, 0.3) is 0 Å². The molecule has 30 heavy (non-hydrogen) atoms. The Morgan fingerprint density at radius 3 is 2.70 bits per heavy atom. The van der Waals surface area contributed by atoms with E-state index in [1.165, 1.54) is 11.1 Å². The van der Waals surface area contributed by atoms with Crippen molar-refractivity contribution < 1.29 is 17.9 Å². The van der Waals surface area contributed by atoms with Crippen molar-refractivity contribution in [3.8, 4) is 0 Å². The highest BCUT2D eigenvalue weighted by atomic mass is 32.1. The molecule has 2 unspecified atom stereocenters. The summed E-state index contributed by atoms with van der Waals surface area (Å²) in [5.74, 6) is 0.934. The number of alkyl halides is 3. The Hall–Kier alpha value is -2.13. The standard InChI is InChI=1S/C21H27F3N4OS/c1-14-5-7-15(8-6-14)19-16(4-3-11-29-19)12-27-20(25-2)26-10-9-18-28-17(13-30-18)21(22,23)24/h5-8,13,16,19H,3-4,9-12H2,1-2H3,(H2,25,26,27). The summed E-state index contributed by atoms with van der Waals surface area (Å²) in [6, 6.07) is 8.44. The van der Waals surface area contributed by atoms with Crippen LogP contribution in [0.25, 0.3) is 0 Å². The number of aromatic nitrogens is 1. The van der Waals surface area contributed by atoms with Gasteiger partial charge in [-0.3, -0.25) is 4.99 Å². The number of hydrogen-bond donors (Lipinski definition) is 2. The van der Waals surface area contributed by atoms with Gasteiger partial charge in [-0.05, 0) is 25.3 Å². The van der Waals surface area contributed by atoms with E-state index in [2.05, 4.69) is 51.8 Å². The Morgan fingerprint density at radius 2 is 2.03 bits per heavy atom. The number of hydrogen-bond acceptors (Lipinski definition) is 4. The first-order valence-electron chi connectivity index (χ1n) is 10.0. The topological polar surface area (TPSA) is 58.5 Å². The second-order valence-corrected chi connectivity index (χ2v) is 8.30. The van der Waals surface area contributed by atoms with Crippen molar-refractivity contribution in [3.05, 3.63) is 51.5 Å². The molecule has 164 valence electrons. The highest BCUT2D eigenvalue weighted by molar-refractivity contribution is 7.09. The Kier molecular flexibility index (Phi) is 7.71. The molecule has 3 rings (SSSR count). The quantitative estimate of drug-likeness (QED) is 0.518. The molecule has 2 N–H and O–H groups in total. The average Bonchev–Trinajstić information content (AvgIpc) is 3.21. The van der Waals surface area contributed by atoms with Crippen molar-refractivity contribution in [3.63, 3.8) is 0 Å². The molecule has 0 radical (unpaired) electrons. The number of guanidine groups is 1. The first kappa shape index (κ1) is 22.6. The van der Waals surface area contributed by atoms with Gasteiger partial charge in [0, 0.05) is 44.5 Å². The third-order valence-electron chi connectivity index (χ3n) is 5.08. The molecule has 0 spiro atoms. The lowest BCUT2D eigenvalue weighted by Gasteiger charge is -2.32. The van der Waals surface area contributed by atoms with Crippen molar-refractivity contribution >= 4 is 17.3 Å². The number of thiazole rings is 1. The maximum absolute atomic E-state index is 12.6. The van der Waals surface area contributed by atoms with E-state index in [-0.39, 0.29) is 6.10 Å². The second-order valence-electron chi connectivity index (χ2n) is 7.36. The van der Waals surface area contributed by atoms with E-state index in [4.69, 9.17) is 4.74 Å². The highest BCUT2D eigenvalue weighted by Gasteiger charge is 2.33. The van der Waals surface area contributed by atoms with E-state index in [1.807, 2.05) is 0 Å². The number of aryl methyl sites for hydroxylation is 1. The molecule has 2 heterocycles. The van der Waals surface area contributed by atoms with Gasteiger partial charge in [0.15, 0.2) is 11.7 Å². The molecule has 9 heteroatoms. The van der Waals surface area contributed by atoms with Crippen LogP contribution >= 0.6 is 11.3 Å². The molecule has 2 aromatic rings. The molecular weight excluding hydrogens is 413 g/mol. The molecule has 1 aromatic carbocycles. The second kappa shape index (κ2) is 10.3. The van der Waals surface area contributed by atoms with Crippen LogP contribution in [-0.2, 0) is 17.3 Å². The lowest BCUT2D eigenvalue weighted by molar-refractivity contribution is -0.140. The average molecular weight is 441 g/mol. The van der Waals surface area contributed by atoms with Crippen molar-refractivity contribution in [2.45, 2.75) is 38.5 Å². The Balaban J connectivity index is 1.49. The first-order chi connectivity index (χ1) is 14.4. The zero-order valence-electron chi connectivity index (χ0n) is 17.1. The molecule has 0 bridgehead atoms. The van der Waals surface area contributed by atoms with Crippen LogP contribution in [0.4, 0.5) is 13.2 Å². The van der Waals surface area contributed by atoms with Gasteiger partial charge >= 0.3 is 6.18 Å². The van der Waals surface area contributed by atoms with E-state index >= 15 is 0 Å². The number of rotatable bonds is 6. The number of ether oxygens (including phenoxy) is 1. The fourth-order valence-electron chi connectivity index (χ4n) is 3.47. The van der Waals surface area contributed by atoms with Gasteiger partial charge in [-0.1, -0.05) is 29.8 Å². The summed E-state index contributed by atoms with van der Waals surface area (Å²) in [6.07, 6.45) is -1.87. The van der Waals surface area contributed by atoms with Gasteiger partial charge in [0.05, 0.1) is 11.1 Å². The molecule has 2 atom stereocenters. The van der Waals surface area contributed by atoms with Gasteiger partial charge in [0.2, 0.25) is 0 Å². The number of halogens is 3. The first-order valence-corrected chi connectivity index (χ1v) is 10.9. The van der Waals surface area contributed by atoms with Crippen molar-refractivity contribution in [1.82, 2.24) is 15.6 Å². The summed E-state index contributed by atoms with van der Waals surface area (Å²) < 4.78 is 44.0. The SMILES string of the molecule is CN=C(NCCc1nc(C(F)(F)F)cs1)NCC1CCCOC1c1ccc(C)cc1. The van der Waals surface area contributed by atoms with E-state index in [0.29, 0.717) is 36.4 Å². The summed E-state index contributed by atoms with van der Waals surface area (Å²) >= 11 is 1.02. The van der Waals surface area contributed by atoms with Crippen LogP contribution < -0.4 is 10.6 Å². The maximum Gasteiger partial charge on any atom is 0.434 e. The predicted octanol–water partition coefficient (Wildman–Crippen LogP) is 4.35. The molecule has 1 saturated heterocycles. The van der Waals surface area contributed by atoms with Crippen LogP contribution in [0, 0.1) is 12.8 Å². The Morgan fingerprint density at radius 1 is 1.27 bits per heavy atom. The van der Waals surface area contributed by atoms with Gasteiger partial charge in [0.1, 0.15) is 0 Å². The fraction of sp³-hybridized carbons (Fsp3) is 0.524. The van der Waals surface area contributed by atoms with Crippen LogP contribution in [0.3, 0.4) is 0 Å². The smallest absolute Gasteiger partial charge is 0.373 e. The number of nitrogens with zero attached hydrogens (tertiary/aromatic N) is 2. The minimum Gasteiger partial charge on any atom is -0.373 e. The van der Waals surface area contributed by atoms with Crippen LogP contribution in [0.2, 0.25) is 0 Å². The Bertz CT molecular complexity index is 836. The third-order valence-corrected chi connectivity index (χ3v) is 5.99. The molecule has 0 aliphatic carbocycles. The molecule has 1 fully saturated rings. The van der Waals surface area contributed by atoms with Crippen molar-refractivity contribution in [2.75, 3.05) is 26.7 Å². The number of aliphatic imine (C=N–C) groups is 1. The van der Waals surface area contributed by atoms with Crippen LogP contribution in [-0.4, -0.2) is 37.7 Å². The zero-order valence-corrected chi connectivity index (χ0v) is 17.9. The number of benzene rings is 1. The molecule has 5 nitrogen and oxygen atoms in total. The summed E-state index contributed by atoms with van der Waals surface area (Å²) in [5, 5.41) is 7.98. The summed E-state index contributed by atoms with van der Waals surface area (Å²) in [7, 11) is 1.68. The van der Waals surface area contributed by atoms with E-state index in [9.17, 15) is 13.2 Å². The lowest BCUT2D eigenvalue weighted by Crippen LogP contribution is -2.42. The summed E-state index contributed by atoms with van der Waals surface area (Å²) in [5.41, 5.74) is 1.57. The van der Waals surface area contributed by atoms with Crippen LogP contribution in [0.5, 0.6) is 0 Å². The van der Waals surface area contributed by atoms with Crippen molar-refractivity contribution in [1.29, 1.82) is 0 Å². The van der Waals surface area contributed by atoms with Crippen LogP contribution in [0.15, 0.2) is 34.6 Å². The molecule has 1 aliphatic rings. The van der Waals surface area contributed by atoms with Gasteiger partial charge in [-0.25, -0.2) is 4.98 Å². The fourth-order valence-corrected chi connectivity index (χ4v) is 4.27. The molecular formula is C21H27F3N4OS.